The van der Waals surface area contributed by atoms with Crippen molar-refractivity contribution in [1.82, 2.24) is 15.1 Å². The van der Waals surface area contributed by atoms with Gasteiger partial charge >= 0.3 is 5.97 Å². The highest BCUT2D eigenvalue weighted by Crippen LogP contribution is 2.31. The lowest BCUT2D eigenvalue weighted by molar-refractivity contribution is -0.146. The van der Waals surface area contributed by atoms with E-state index in [4.69, 9.17) is 0 Å². The molecular formula is C12H21N3O2. The normalized spacial score (nSPS) is 42.6. The Morgan fingerprint density at radius 2 is 2.06 bits per heavy atom. The Balaban J connectivity index is 1.74. The summed E-state index contributed by atoms with van der Waals surface area (Å²) in [5.41, 5.74) is 0. The Morgan fingerprint density at radius 1 is 1.24 bits per heavy atom. The van der Waals surface area contributed by atoms with Crippen LogP contribution in [0.4, 0.5) is 0 Å². The minimum absolute atomic E-state index is 0.319. The zero-order valence-electron chi connectivity index (χ0n) is 10.1. The molecule has 0 aliphatic carbocycles. The van der Waals surface area contributed by atoms with Crippen molar-refractivity contribution in [1.29, 1.82) is 0 Å². The Morgan fingerprint density at radius 3 is 2.88 bits per heavy atom. The smallest absolute Gasteiger partial charge is 0.322 e. The van der Waals surface area contributed by atoms with Gasteiger partial charge in [0.2, 0.25) is 0 Å². The van der Waals surface area contributed by atoms with E-state index in [2.05, 4.69) is 15.1 Å². The van der Waals surface area contributed by atoms with Crippen LogP contribution in [0.1, 0.15) is 12.8 Å². The van der Waals surface area contributed by atoms with Crippen molar-refractivity contribution >= 4 is 5.97 Å². The Hall–Kier alpha value is -0.650. The molecular weight excluding hydrogens is 218 g/mol. The van der Waals surface area contributed by atoms with Gasteiger partial charge in [-0.3, -0.25) is 9.69 Å². The van der Waals surface area contributed by atoms with Crippen molar-refractivity contribution in [3.8, 4) is 0 Å². The van der Waals surface area contributed by atoms with Crippen LogP contribution in [-0.2, 0) is 4.79 Å². The van der Waals surface area contributed by atoms with Crippen molar-refractivity contribution in [3.05, 3.63) is 0 Å². The molecule has 3 heterocycles. The van der Waals surface area contributed by atoms with E-state index >= 15 is 0 Å². The van der Waals surface area contributed by atoms with Crippen LogP contribution in [0.3, 0.4) is 0 Å². The van der Waals surface area contributed by atoms with Gasteiger partial charge in [0.05, 0.1) is 0 Å². The molecule has 3 saturated heterocycles. The van der Waals surface area contributed by atoms with E-state index < -0.39 is 5.97 Å². The van der Waals surface area contributed by atoms with Gasteiger partial charge in [-0.05, 0) is 31.8 Å². The van der Waals surface area contributed by atoms with Gasteiger partial charge in [0, 0.05) is 32.2 Å². The van der Waals surface area contributed by atoms with Crippen LogP contribution in [0.15, 0.2) is 0 Å². The number of piperazine rings is 1. The SMILES string of the molecule is O=C(O)C1CNCCN1C1CCN2CCC1C2. The zero-order chi connectivity index (χ0) is 11.8. The first-order chi connectivity index (χ1) is 8.25. The molecule has 5 nitrogen and oxygen atoms in total. The molecule has 96 valence electrons. The number of rotatable bonds is 2. The third kappa shape index (κ3) is 2.07. The molecule has 0 aromatic rings. The van der Waals surface area contributed by atoms with Crippen LogP contribution in [-0.4, -0.2) is 72.2 Å². The predicted molar refractivity (Wildman–Crippen MR) is 64.0 cm³/mol. The van der Waals surface area contributed by atoms with E-state index in [1.165, 1.54) is 19.5 Å². The van der Waals surface area contributed by atoms with Crippen molar-refractivity contribution in [2.24, 2.45) is 5.92 Å². The van der Waals surface area contributed by atoms with Crippen LogP contribution in [0.2, 0.25) is 0 Å². The monoisotopic (exact) mass is 239 g/mol. The second-order valence-corrected chi connectivity index (χ2v) is 5.50. The van der Waals surface area contributed by atoms with Gasteiger partial charge in [-0.1, -0.05) is 0 Å². The molecule has 0 aromatic carbocycles. The highest BCUT2D eigenvalue weighted by Gasteiger charge is 2.41. The summed E-state index contributed by atoms with van der Waals surface area (Å²) in [5.74, 6) is 0.0290. The first-order valence-electron chi connectivity index (χ1n) is 6.67. The summed E-state index contributed by atoms with van der Waals surface area (Å²) in [6.07, 6.45) is 2.40. The van der Waals surface area contributed by atoms with E-state index in [0.29, 0.717) is 18.5 Å². The fraction of sp³-hybridized carbons (Fsp3) is 0.917. The quantitative estimate of drug-likeness (QED) is 0.676. The predicted octanol–water partition coefficient (Wildman–Crippen LogP) is -0.561. The maximum atomic E-state index is 11.3. The van der Waals surface area contributed by atoms with E-state index in [1.807, 2.05) is 0 Å². The highest BCUT2D eigenvalue weighted by atomic mass is 16.4. The van der Waals surface area contributed by atoms with Gasteiger partial charge in [0.25, 0.3) is 0 Å². The molecule has 2 N–H and O–H groups in total. The summed E-state index contributed by atoms with van der Waals surface area (Å²) in [6, 6.07) is 0.179. The molecule has 2 bridgehead atoms. The van der Waals surface area contributed by atoms with Crippen molar-refractivity contribution in [3.63, 3.8) is 0 Å². The van der Waals surface area contributed by atoms with E-state index in [1.54, 1.807) is 0 Å². The number of carboxylic acids is 1. The maximum absolute atomic E-state index is 11.3. The van der Waals surface area contributed by atoms with Gasteiger partial charge < -0.3 is 15.3 Å². The lowest BCUT2D eigenvalue weighted by atomic mass is 9.91. The molecule has 0 aromatic heterocycles. The van der Waals surface area contributed by atoms with E-state index in [0.717, 1.165) is 26.1 Å². The first kappa shape index (κ1) is 11.4. The number of hydrogen-bond donors (Lipinski definition) is 2. The average molecular weight is 239 g/mol. The third-order valence-electron chi connectivity index (χ3n) is 4.59. The number of carbonyl (C=O) groups is 1. The molecule has 0 amide bonds. The molecule has 4 atom stereocenters. The highest BCUT2D eigenvalue weighted by molar-refractivity contribution is 5.74. The van der Waals surface area contributed by atoms with Crippen LogP contribution >= 0.6 is 0 Å². The van der Waals surface area contributed by atoms with Crippen LogP contribution < -0.4 is 5.32 Å². The Kier molecular flexibility index (Phi) is 3.06. The molecule has 3 aliphatic heterocycles. The zero-order valence-corrected chi connectivity index (χ0v) is 10.1. The number of piperidine rings is 1. The number of nitrogens with one attached hydrogen (secondary N) is 1. The van der Waals surface area contributed by atoms with Crippen molar-refractivity contribution < 1.29 is 9.90 Å². The molecule has 17 heavy (non-hydrogen) atoms. The fourth-order valence-electron chi connectivity index (χ4n) is 3.71. The number of fused-ring (bicyclic) bond motifs is 2. The molecule has 0 radical (unpaired) electrons. The summed E-state index contributed by atoms with van der Waals surface area (Å²) in [4.78, 5) is 16.1. The summed E-state index contributed by atoms with van der Waals surface area (Å²) >= 11 is 0. The number of carboxylic acid groups (broad SMARTS) is 1. The maximum Gasteiger partial charge on any atom is 0.322 e. The lowest BCUT2D eigenvalue weighted by Crippen LogP contribution is -2.61. The van der Waals surface area contributed by atoms with Crippen molar-refractivity contribution in [2.45, 2.75) is 24.9 Å². The van der Waals surface area contributed by atoms with Gasteiger partial charge in [-0.2, -0.15) is 0 Å². The lowest BCUT2D eigenvalue weighted by Gasteiger charge is -2.44. The molecule has 3 rings (SSSR count). The topological polar surface area (TPSA) is 55.8 Å². The summed E-state index contributed by atoms with van der Waals surface area (Å²) < 4.78 is 0. The summed E-state index contributed by atoms with van der Waals surface area (Å²) in [6.45, 7) is 5.96. The molecule has 5 heteroatoms. The molecule has 0 spiro atoms. The minimum atomic E-state index is -0.669. The third-order valence-corrected chi connectivity index (χ3v) is 4.59. The Labute approximate surface area is 102 Å². The Bertz CT molecular complexity index is 310. The second-order valence-electron chi connectivity index (χ2n) is 5.50. The molecule has 3 aliphatic rings. The number of aliphatic carboxylic acids is 1. The largest absolute Gasteiger partial charge is 0.480 e. The van der Waals surface area contributed by atoms with Gasteiger partial charge in [0.15, 0.2) is 0 Å². The average Bonchev–Trinajstić information content (AvgIpc) is 2.71. The van der Waals surface area contributed by atoms with Gasteiger partial charge in [-0.15, -0.1) is 0 Å². The minimum Gasteiger partial charge on any atom is -0.480 e. The van der Waals surface area contributed by atoms with Gasteiger partial charge in [0.1, 0.15) is 6.04 Å². The molecule has 4 unspecified atom stereocenters. The van der Waals surface area contributed by atoms with Gasteiger partial charge in [-0.25, -0.2) is 0 Å². The summed E-state index contributed by atoms with van der Waals surface area (Å²) in [7, 11) is 0. The number of hydrogen-bond acceptors (Lipinski definition) is 4. The van der Waals surface area contributed by atoms with E-state index in [9.17, 15) is 9.90 Å². The molecule has 0 saturated carbocycles. The van der Waals surface area contributed by atoms with E-state index in [-0.39, 0.29) is 6.04 Å². The van der Waals surface area contributed by atoms with Crippen molar-refractivity contribution in [2.75, 3.05) is 39.3 Å². The summed E-state index contributed by atoms with van der Waals surface area (Å²) in [5, 5.41) is 12.5. The number of nitrogens with zero attached hydrogens (tertiary/aromatic N) is 2. The first-order valence-corrected chi connectivity index (χ1v) is 6.67. The second kappa shape index (κ2) is 4.55. The fourth-order valence-corrected chi connectivity index (χ4v) is 3.71. The standard InChI is InChI=1S/C12H21N3O2/c16-12(17)11-7-13-3-6-15(11)10-2-5-14-4-1-9(10)8-14/h9-11,13H,1-8H2,(H,16,17). The van der Waals surface area contributed by atoms with Crippen LogP contribution in [0, 0.1) is 5.92 Å². The van der Waals surface area contributed by atoms with Crippen LogP contribution in [0.25, 0.3) is 0 Å². The van der Waals surface area contributed by atoms with Crippen LogP contribution in [0.5, 0.6) is 0 Å². The molecule has 3 fully saturated rings.